The molecule has 0 radical (unpaired) electrons. The molecule has 2 heterocycles. The number of carbonyl (C=O) groups excluding carboxylic acids is 2. The molecule has 7 heteroatoms. The molecule has 1 saturated heterocycles. The topological polar surface area (TPSA) is 78.4 Å². The predicted molar refractivity (Wildman–Crippen MR) is 108 cm³/mol. The van der Waals surface area contributed by atoms with Crippen LogP contribution in [0.1, 0.15) is 35.1 Å². The van der Waals surface area contributed by atoms with Crippen LogP contribution in [0.4, 0.5) is 5.95 Å². The van der Waals surface area contributed by atoms with Crippen molar-refractivity contribution in [3.05, 3.63) is 53.3 Å². The molecule has 0 unspecified atom stereocenters. The summed E-state index contributed by atoms with van der Waals surface area (Å²) in [6.07, 6.45) is 1.80. The second-order valence-electron chi connectivity index (χ2n) is 7.03. The zero-order valence-electron chi connectivity index (χ0n) is 16.5. The van der Waals surface area contributed by atoms with Crippen LogP contribution < -0.4 is 10.2 Å². The quantitative estimate of drug-likeness (QED) is 0.772. The second-order valence-corrected chi connectivity index (χ2v) is 7.03. The maximum atomic E-state index is 12.5. The lowest BCUT2D eigenvalue weighted by Crippen LogP contribution is -2.48. The number of nitrogens with one attached hydrogen (secondary N) is 1. The van der Waals surface area contributed by atoms with E-state index >= 15 is 0 Å². The van der Waals surface area contributed by atoms with Gasteiger partial charge in [-0.2, -0.15) is 0 Å². The van der Waals surface area contributed by atoms with Crippen molar-refractivity contribution in [2.75, 3.05) is 37.6 Å². The van der Waals surface area contributed by atoms with Crippen molar-refractivity contribution in [1.82, 2.24) is 20.2 Å². The second kappa shape index (κ2) is 9.30. The number of aromatic nitrogens is 2. The molecule has 148 valence electrons. The van der Waals surface area contributed by atoms with E-state index in [1.807, 2.05) is 34.9 Å². The number of anilines is 1. The lowest BCUT2D eigenvalue weighted by atomic mass is 10.1. The van der Waals surface area contributed by atoms with Crippen LogP contribution in [0.25, 0.3) is 0 Å². The Morgan fingerprint density at radius 1 is 1.07 bits per heavy atom. The van der Waals surface area contributed by atoms with Gasteiger partial charge in [0.05, 0.1) is 0 Å². The zero-order valence-corrected chi connectivity index (χ0v) is 16.5. The molecular formula is C21H27N5O2. The number of amides is 2. The first-order valence-corrected chi connectivity index (χ1v) is 9.71. The summed E-state index contributed by atoms with van der Waals surface area (Å²) in [5.74, 6) is 0.459. The van der Waals surface area contributed by atoms with Crippen LogP contribution in [-0.4, -0.2) is 59.4 Å². The van der Waals surface area contributed by atoms with E-state index in [2.05, 4.69) is 27.4 Å². The van der Waals surface area contributed by atoms with Crippen LogP contribution in [0.15, 0.2) is 36.4 Å². The Morgan fingerprint density at radius 2 is 1.79 bits per heavy atom. The number of hydrogen-bond donors (Lipinski definition) is 1. The molecule has 1 N–H and O–H groups in total. The molecular weight excluding hydrogens is 354 g/mol. The molecule has 7 nitrogen and oxygen atoms in total. The fourth-order valence-corrected chi connectivity index (χ4v) is 3.26. The number of aryl methyl sites for hydroxylation is 2. The molecule has 1 aromatic heterocycles. The van der Waals surface area contributed by atoms with E-state index in [1.54, 1.807) is 13.0 Å². The van der Waals surface area contributed by atoms with E-state index in [0.717, 1.165) is 18.5 Å². The summed E-state index contributed by atoms with van der Waals surface area (Å²) in [5, 5.41) is 2.95. The Morgan fingerprint density at radius 3 is 2.46 bits per heavy atom. The van der Waals surface area contributed by atoms with Gasteiger partial charge in [-0.1, -0.05) is 30.3 Å². The minimum atomic E-state index is -0.179. The van der Waals surface area contributed by atoms with E-state index in [4.69, 9.17) is 0 Å². The molecule has 3 rings (SSSR count). The molecule has 0 spiro atoms. The normalized spacial score (nSPS) is 14.1. The van der Waals surface area contributed by atoms with Gasteiger partial charge in [-0.15, -0.1) is 0 Å². The van der Waals surface area contributed by atoms with Crippen molar-refractivity contribution in [2.45, 2.75) is 26.7 Å². The SMILES string of the molecule is CC(=O)N1CCN(c2nc(C)cc(C(=O)NCCCc3ccccc3)n2)CC1. The Balaban J connectivity index is 1.55. The number of rotatable bonds is 6. The fourth-order valence-electron chi connectivity index (χ4n) is 3.26. The number of carbonyl (C=O) groups is 2. The monoisotopic (exact) mass is 381 g/mol. The van der Waals surface area contributed by atoms with Gasteiger partial charge in [0.1, 0.15) is 5.69 Å². The van der Waals surface area contributed by atoms with Gasteiger partial charge >= 0.3 is 0 Å². The fraction of sp³-hybridized carbons (Fsp3) is 0.429. The van der Waals surface area contributed by atoms with Crippen LogP contribution in [0.2, 0.25) is 0 Å². The van der Waals surface area contributed by atoms with Crippen molar-refractivity contribution in [3.8, 4) is 0 Å². The lowest BCUT2D eigenvalue weighted by molar-refractivity contribution is -0.129. The summed E-state index contributed by atoms with van der Waals surface area (Å²) >= 11 is 0. The molecule has 0 bridgehead atoms. The largest absolute Gasteiger partial charge is 0.351 e. The van der Waals surface area contributed by atoms with E-state index < -0.39 is 0 Å². The van der Waals surface area contributed by atoms with Crippen LogP contribution in [0, 0.1) is 6.92 Å². The maximum Gasteiger partial charge on any atom is 0.270 e. The van der Waals surface area contributed by atoms with Crippen molar-refractivity contribution < 1.29 is 9.59 Å². The highest BCUT2D eigenvalue weighted by molar-refractivity contribution is 5.92. The Bertz CT molecular complexity index is 817. The smallest absolute Gasteiger partial charge is 0.270 e. The maximum absolute atomic E-state index is 12.5. The zero-order chi connectivity index (χ0) is 19.9. The third-order valence-corrected chi connectivity index (χ3v) is 4.85. The molecule has 1 aromatic carbocycles. The molecule has 28 heavy (non-hydrogen) atoms. The van der Waals surface area contributed by atoms with Gasteiger partial charge in [-0.25, -0.2) is 9.97 Å². The standard InChI is InChI=1S/C21H27N5O2/c1-16-15-19(20(28)22-10-6-9-18-7-4-3-5-8-18)24-21(23-16)26-13-11-25(12-14-26)17(2)27/h3-5,7-8,15H,6,9-14H2,1-2H3,(H,22,28). The van der Waals surface area contributed by atoms with Gasteiger partial charge in [0.15, 0.2) is 0 Å². The van der Waals surface area contributed by atoms with Crippen molar-refractivity contribution in [2.24, 2.45) is 0 Å². The van der Waals surface area contributed by atoms with E-state index in [9.17, 15) is 9.59 Å². The molecule has 1 aliphatic rings. The Kier molecular flexibility index (Phi) is 6.57. The highest BCUT2D eigenvalue weighted by Crippen LogP contribution is 2.13. The Labute approximate surface area is 165 Å². The summed E-state index contributed by atoms with van der Waals surface area (Å²) in [6.45, 7) is 6.68. The van der Waals surface area contributed by atoms with Gasteiger partial charge in [0.25, 0.3) is 5.91 Å². The van der Waals surface area contributed by atoms with E-state index in [0.29, 0.717) is 44.4 Å². The van der Waals surface area contributed by atoms with Gasteiger partial charge in [-0.3, -0.25) is 9.59 Å². The number of hydrogen-bond acceptors (Lipinski definition) is 5. The Hall–Kier alpha value is -2.96. The van der Waals surface area contributed by atoms with Gasteiger partial charge in [-0.05, 0) is 31.4 Å². The molecule has 2 amide bonds. The van der Waals surface area contributed by atoms with Crippen LogP contribution in [0.5, 0.6) is 0 Å². The van der Waals surface area contributed by atoms with Crippen molar-refractivity contribution in [1.29, 1.82) is 0 Å². The molecule has 2 aromatic rings. The summed E-state index contributed by atoms with van der Waals surface area (Å²) in [7, 11) is 0. The van der Waals surface area contributed by atoms with E-state index in [-0.39, 0.29) is 11.8 Å². The minimum Gasteiger partial charge on any atom is -0.351 e. The number of piperazine rings is 1. The predicted octanol–water partition coefficient (Wildman–Crippen LogP) is 1.82. The summed E-state index contributed by atoms with van der Waals surface area (Å²) in [6, 6.07) is 11.9. The van der Waals surface area contributed by atoms with Crippen LogP contribution in [0.3, 0.4) is 0 Å². The third kappa shape index (κ3) is 5.28. The third-order valence-electron chi connectivity index (χ3n) is 4.85. The van der Waals surface area contributed by atoms with Crippen molar-refractivity contribution >= 4 is 17.8 Å². The first kappa shape index (κ1) is 19.8. The molecule has 1 fully saturated rings. The van der Waals surface area contributed by atoms with Crippen LogP contribution >= 0.6 is 0 Å². The molecule has 0 atom stereocenters. The van der Waals surface area contributed by atoms with Gasteiger partial charge in [0, 0.05) is 45.3 Å². The lowest BCUT2D eigenvalue weighted by Gasteiger charge is -2.34. The average molecular weight is 381 g/mol. The first-order valence-electron chi connectivity index (χ1n) is 9.71. The van der Waals surface area contributed by atoms with E-state index in [1.165, 1.54) is 5.56 Å². The van der Waals surface area contributed by atoms with Gasteiger partial charge in [0.2, 0.25) is 11.9 Å². The highest BCUT2D eigenvalue weighted by atomic mass is 16.2. The van der Waals surface area contributed by atoms with Crippen molar-refractivity contribution in [3.63, 3.8) is 0 Å². The molecule has 1 aliphatic heterocycles. The number of nitrogens with zero attached hydrogens (tertiary/aromatic N) is 4. The van der Waals surface area contributed by atoms with Crippen LogP contribution in [-0.2, 0) is 11.2 Å². The summed E-state index contributed by atoms with van der Waals surface area (Å²) in [5.41, 5.74) is 2.41. The molecule has 0 aliphatic carbocycles. The summed E-state index contributed by atoms with van der Waals surface area (Å²) < 4.78 is 0. The van der Waals surface area contributed by atoms with Gasteiger partial charge < -0.3 is 15.1 Å². The minimum absolute atomic E-state index is 0.0837. The molecule has 0 saturated carbocycles. The number of benzene rings is 1. The first-order chi connectivity index (χ1) is 13.5. The summed E-state index contributed by atoms with van der Waals surface area (Å²) in [4.78, 5) is 36.8. The average Bonchev–Trinajstić information content (AvgIpc) is 2.71. The highest BCUT2D eigenvalue weighted by Gasteiger charge is 2.21.